The van der Waals surface area contributed by atoms with Crippen LogP contribution in [0.1, 0.15) is 35.3 Å². The molecule has 6 nitrogen and oxygen atoms in total. The van der Waals surface area contributed by atoms with Crippen LogP contribution in [0.2, 0.25) is 0 Å². The van der Waals surface area contributed by atoms with E-state index >= 15 is 0 Å². The van der Waals surface area contributed by atoms with E-state index in [-0.39, 0.29) is 11.3 Å². The van der Waals surface area contributed by atoms with Crippen molar-refractivity contribution in [3.8, 4) is 0 Å². The van der Waals surface area contributed by atoms with Crippen LogP contribution >= 0.6 is 0 Å². The Hall–Kier alpha value is -2.34. The molecule has 0 saturated carbocycles. The molecule has 4 rings (SSSR count). The molecule has 1 spiro atoms. The number of likely N-dealkylation sites (tertiary alicyclic amines) is 2. The van der Waals surface area contributed by atoms with E-state index in [9.17, 15) is 4.79 Å². The Kier molecular flexibility index (Phi) is 4.44. The molecule has 2 aromatic heterocycles. The topological polar surface area (TPSA) is 62.2 Å². The van der Waals surface area contributed by atoms with Crippen molar-refractivity contribution in [3.63, 3.8) is 0 Å². The number of hydrogen-bond acceptors (Lipinski definition) is 5. The standard InChI is InChI=1S/C19H23N5O/c25-18(17-12-21-8-9-22-17)24-10-1-4-19(15-24)5-11-23(14-19)13-16-2-6-20-7-3-16/h2-3,6-9,12H,1,4-5,10-11,13-15H2/t19-/m1/s1. The van der Waals surface area contributed by atoms with Gasteiger partial charge in [-0.1, -0.05) is 0 Å². The van der Waals surface area contributed by atoms with Crippen molar-refractivity contribution in [1.29, 1.82) is 0 Å². The SMILES string of the molecule is O=C(c1cnccn1)N1CCC[C@]2(CCN(Cc3ccncc3)C2)C1. The first kappa shape index (κ1) is 16.1. The summed E-state index contributed by atoms with van der Waals surface area (Å²) in [6, 6.07) is 4.16. The fourth-order valence-electron chi connectivity index (χ4n) is 4.19. The van der Waals surface area contributed by atoms with Crippen LogP contribution in [0.15, 0.2) is 43.1 Å². The first-order chi connectivity index (χ1) is 12.2. The number of hydrogen-bond donors (Lipinski definition) is 0. The Morgan fingerprint density at radius 1 is 1.04 bits per heavy atom. The van der Waals surface area contributed by atoms with Crippen molar-refractivity contribution < 1.29 is 4.79 Å². The molecule has 1 amide bonds. The number of aromatic nitrogens is 3. The lowest BCUT2D eigenvalue weighted by molar-refractivity contribution is 0.0521. The molecule has 4 heterocycles. The van der Waals surface area contributed by atoms with Gasteiger partial charge >= 0.3 is 0 Å². The smallest absolute Gasteiger partial charge is 0.274 e. The quantitative estimate of drug-likeness (QED) is 0.857. The minimum absolute atomic E-state index is 0.0137. The summed E-state index contributed by atoms with van der Waals surface area (Å²) in [4.78, 5) is 29.5. The molecule has 0 bridgehead atoms. The maximum absolute atomic E-state index is 12.7. The van der Waals surface area contributed by atoms with Crippen LogP contribution in [-0.4, -0.2) is 56.8 Å². The monoisotopic (exact) mass is 337 g/mol. The van der Waals surface area contributed by atoms with Gasteiger partial charge in [-0.2, -0.15) is 0 Å². The number of pyridine rings is 1. The van der Waals surface area contributed by atoms with Crippen molar-refractivity contribution in [1.82, 2.24) is 24.8 Å². The normalized spacial score (nSPS) is 23.9. The summed E-state index contributed by atoms with van der Waals surface area (Å²) in [5, 5.41) is 0. The molecule has 25 heavy (non-hydrogen) atoms. The molecule has 0 radical (unpaired) electrons. The van der Waals surface area contributed by atoms with E-state index in [0.29, 0.717) is 5.69 Å². The highest BCUT2D eigenvalue weighted by molar-refractivity contribution is 5.92. The third-order valence-corrected chi connectivity index (χ3v) is 5.40. The molecule has 0 aliphatic carbocycles. The Balaban J connectivity index is 1.42. The van der Waals surface area contributed by atoms with Crippen molar-refractivity contribution in [2.24, 2.45) is 5.41 Å². The third-order valence-electron chi connectivity index (χ3n) is 5.40. The Labute approximate surface area is 147 Å². The van der Waals surface area contributed by atoms with Crippen molar-refractivity contribution in [2.75, 3.05) is 26.2 Å². The second-order valence-corrected chi connectivity index (χ2v) is 7.24. The molecule has 2 aromatic rings. The van der Waals surface area contributed by atoms with Crippen LogP contribution in [0.4, 0.5) is 0 Å². The first-order valence-corrected chi connectivity index (χ1v) is 8.91. The molecule has 0 aromatic carbocycles. The van der Waals surface area contributed by atoms with Gasteiger partial charge in [-0.05, 0) is 43.5 Å². The van der Waals surface area contributed by atoms with Crippen LogP contribution in [0.25, 0.3) is 0 Å². The lowest BCUT2D eigenvalue weighted by Crippen LogP contribution is -2.47. The van der Waals surface area contributed by atoms with Gasteiger partial charge < -0.3 is 4.90 Å². The summed E-state index contributed by atoms with van der Waals surface area (Å²) in [6.07, 6.45) is 11.9. The summed E-state index contributed by atoms with van der Waals surface area (Å²) >= 11 is 0. The van der Waals surface area contributed by atoms with E-state index in [2.05, 4.69) is 32.0 Å². The predicted molar refractivity (Wildman–Crippen MR) is 93.7 cm³/mol. The van der Waals surface area contributed by atoms with Gasteiger partial charge in [-0.25, -0.2) is 4.98 Å². The molecule has 130 valence electrons. The number of piperidine rings is 1. The van der Waals surface area contributed by atoms with Gasteiger partial charge in [-0.15, -0.1) is 0 Å². The van der Waals surface area contributed by atoms with Gasteiger partial charge in [0.1, 0.15) is 5.69 Å². The van der Waals surface area contributed by atoms with E-state index < -0.39 is 0 Å². The van der Waals surface area contributed by atoms with E-state index in [1.54, 1.807) is 18.6 Å². The minimum Gasteiger partial charge on any atom is -0.337 e. The Bertz CT molecular complexity index is 723. The maximum Gasteiger partial charge on any atom is 0.274 e. The highest BCUT2D eigenvalue weighted by Crippen LogP contribution is 2.39. The second-order valence-electron chi connectivity index (χ2n) is 7.24. The Morgan fingerprint density at radius 3 is 2.72 bits per heavy atom. The van der Waals surface area contributed by atoms with Gasteiger partial charge in [0.2, 0.25) is 0 Å². The second kappa shape index (κ2) is 6.88. The number of nitrogens with zero attached hydrogens (tertiary/aromatic N) is 5. The number of carbonyl (C=O) groups excluding carboxylic acids is 1. The zero-order valence-corrected chi connectivity index (χ0v) is 14.3. The number of carbonyl (C=O) groups is 1. The zero-order valence-electron chi connectivity index (χ0n) is 14.3. The lowest BCUT2D eigenvalue weighted by atomic mass is 9.79. The van der Waals surface area contributed by atoms with E-state index in [4.69, 9.17) is 0 Å². The van der Waals surface area contributed by atoms with Gasteiger partial charge in [0, 0.05) is 56.4 Å². The van der Waals surface area contributed by atoms with Gasteiger partial charge in [0.05, 0.1) is 6.20 Å². The van der Waals surface area contributed by atoms with Crippen LogP contribution in [-0.2, 0) is 6.54 Å². The summed E-state index contributed by atoms with van der Waals surface area (Å²) in [7, 11) is 0. The van der Waals surface area contributed by atoms with E-state index in [0.717, 1.165) is 45.6 Å². The average Bonchev–Trinajstić information content (AvgIpc) is 3.04. The molecule has 2 aliphatic rings. The average molecular weight is 337 g/mol. The Morgan fingerprint density at radius 2 is 1.92 bits per heavy atom. The molecule has 0 unspecified atom stereocenters. The molecule has 1 atom stereocenters. The maximum atomic E-state index is 12.7. The van der Waals surface area contributed by atoms with Crippen LogP contribution < -0.4 is 0 Å². The number of rotatable bonds is 3. The van der Waals surface area contributed by atoms with Crippen LogP contribution in [0.3, 0.4) is 0 Å². The zero-order chi connectivity index (χ0) is 17.1. The van der Waals surface area contributed by atoms with Gasteiger partial charge in [-0.3, -0.25) is 19.7 Å². The fourth-order valence-corrected chi connectivity index (χ4v) is 4.19. The molecule has 2 saturated heterocycles. The molecule has 0 N–H and O–H groups in total. The van der Waals surface area contributed by atoms with Crippen molar-refractivity contribution in [2.45, 2.75) is 25.8 Å². The van der Waals surface area contributed by atoms with Crippen LogP contribution in [0.5, 0.6) is 0 Å². The van der Waals surface area contributed by atoms with Gasteiger partial charge in [0.25, 0.3) is 5.91 Å². The minimum atomic E-state index is 0.0137. The largest absolute Gasteiger partial charge is 0.337 e. The van der Waals surface area contributed by atoms with Gasteiger partial charge in [0.15, 0.2) is 0 Å². The van der Waals surface area contributed by atoms with Crippen molar-refractivity contribution >= 4 is 5.91 Å². The van der Waals surface area contributed by atoms with Crippen LogP contribution in [0, 0.1) is 5.41 Å². The van der Waals surface area contributed by atoms with E-state index in [1.807, 2.05) is 17.3 Å². The molecule has 2 fully saturated rings. The lowest BCUT2D eigenvalue weighted by Gasteiger charge is -2.40. The summed E-state index contributed by atoms with van der Waals surface area (Å²) in [6.45, 7) is 4.76. The highest BCUT2D eigenvalue weighted by atomic mass is 16.2. The highest BCUT2D eigenvalue weighted by Gasteiger charge is 2.42. The summed E-state index contributed by atoms with van der Waals surface area (Å²) < 4.78 is 0. The summed E-state index contributed by atoms with van der Waals surface area (Å²) in [5.74, 6) is 0.0137. The molecule has 2 aliphatic heterocycles. The van der Waals surface area contributed by atoms with E-state index in [1.165, 1.54) is 12.0 Å². The first-order valence-electron chi connectivity index (χ1n) is 8.91. The summed E-state index contributed by atoms with van der Waals surface area (Å²) in [5.41, 5.74) is 1.98. The third kappa shape index (κ3) is 3.54. The molecule has 6 heteroatoms. The molecular weight excluding hydrogens is 314 g/mol. The predicted octanol–water partition coefficient (Wildman–Crippen LogP) is 2.00. The number of amides is 1. The molecular formula is C19H23N5O. The fraction of sp³-hybridized carbons (Fsp3) is 0.474. The van der Waals surface area contributed by atoms with Crippen molar-refractivity contribution in [3.05, 3.63) is 54.4 Å².